The lowest BCUT2D eigenvalue weighted by molar-refractivity contribution is -0.125. The summed E-state index contributed by atoms with van der Waals surface area (Å²) in [6, 6.07) is 0. The van der Waals surface area contributed by atoms with Gasteiger partial charge >= 0.3 is 0 Å². The monoisotopic (exact) mass is 210 g/mol. The van der Waals surface area contributed by atoms with Gasteiger partial charge in [-0.05, 0) is 37.0 Å². The summed E-state index contributed by atoms with van der Waals surface area (Å²) in [5.41, 5.74) is 0.520. The lowest BCUT2D eigenvalue weighted by atomic mass is 9.64. The molecule has 0 aromatic rings. The number of hydrogen-bond donors (Lipinski definition) is 0. The second-order valence-corrected chi connectivity index (χ2v) is 5.29. The van der Waals surface area contributed by atoms with Crippen molar-refractivity contribution in [1.29, 1.82) is 0 Å². The van der Waals surface area contributed by atoms with E-state index in [1.165, 1.54) is 25.7 Å². The van der Waals surface area contributed by atoms with E-state index in [2.05, 4.69) is 0 Å². The molecule has 0 radical (unpaired) electrons. The molecule has 0 saturated heterocycles. The molecular weight excluding hydrogens is 188 g/mol. The van der Waals surface area contributed by atoms with Crippen LogP contribution in [0.3, 0.4) is 0 Å². The van der Waals surface area contributed by atoms with Crippen molar-refractivity contribution in [3.63, 3.8) is 0 Å². The molecule has 2 aliphatic carbocycles. The van der Waals surface area contributed by atoms with Gasteiger partial charge in [0.05, 0.1) is 0 Å². The first-order chi connectivity index (χ1) is 7.27. The molecule has 0 aromatic carbocycles. The van der Waals surface area contributed by atoms with Gasteiger partial charge in [-0.2, -0.15) is 0 Å². The highest BCUT2D eigenvalue weighted by atomic mass is 16.5. The molecule has 2 rings (SSSR count). The largest absolute Gasteiger partial charge is 0.385 e. The van der Waals surface area contributed by atoms with Crippen LogP contribution in [0.1, 0.15) is 51.4 Å². The molecule has 15 heavy (non-hydrogen) atoms. The number of carbonyl (C=O) groups is 1. The summed E-state index contributed by atoms with van der Waals surface area (Å²) < 4.78 is 5.17. The van der Waals surface area contributed by atoms with Crippen LogP contribution in [0.4, 0.5) is 0 Å². The third-order valence-corrected chi connectivity index (χ3v) is 4.51. The maximum absolute atomic E-state index is 11.5. The number of methoxy groups -OCH3 is 1. The molecule has 0 amide bonds. The lowest BCUT2D eigenvalue weighted by Crippen LogP contribution is -2.35. The Labute approximate surface area is 92.4 Å². The molecule has 1 spiro atoms. The summed E-state index contributed by atoms with van der Waals surface area (Å²) in [6.45, 7) is 0.819. The Morgan fingerprint density at radius 3 is 2.73 bits per heavy atom. The van der Waals surface area contributed by atoms with Crippen LogP contribution in [0.2, 0.25) is 0 Å². The van der Waals surface area contributed by atoms with Crippen LogP contribution < -0.4 is 0 Å². The van der Waals surface area contributed by atoms with Crippen molar-refractivity contribution in [3.8, 4) is 0 Å². The minimum atomic E-state index is 0.480. The highest BCUT2D eigenvalue weighted by molar-refractivity contribution is 5.79. The number of Topliss-reactive ketones (excluding diaryl/α,β-unsaturated/α-hetero) is 1. The van der Waals surface area contributed by atoms with Gasteiger partial charge in [0, 0.05) is 26.6 Å². The van der Waals surface area contributed by atoms with Crippen LogP contribution in [0.25, 0.3) is 0 Å². The molecule has 2 saturated carbocycles. The first kappa shape index (κ1) is 11.1. The third kappa shape index (κ3) is 2.25. The Morgan fingerprint density at radius 1 is 1.33 bits per heavy atom. The minimum absolute atomic E-state index is 0.480. The molecule has 2 heteroatoms. The second kappa shape index (κ2) is 4.65. The minimum Gasteiger partial charge on any atom is -0.385 e. The normalized spacial score (nSPS) is 29.9. The number of hydrogen-bond acceptors (Lipinski definition) is 2. The Morgan fingerprint density at radius 2 is 2.07 bits per heavy atom. The van der Waals surface area contributed by atoms with Crippen LogP contribution in [-0.4, -0.2) is 19.5 Å². The van der Waals surface area contributed by atoms with Crippen LogP contribution >= 0.6 is 0 Å². The summed E-state index contributed by atoms with van der Waals surface area (Å²) in [4.78, 5) is 11.5. The highest BCUT2D eigenvalue weighted by Gasteiger charge is 2.44. The molecule has 2 aliphatic rings. The van der Waals surface area contributed by atoms with Gasteiger partial charge in [0.2, 0.25) is 0 Å². The van der Waals surface area contributed by atoms with E-state index in [0.29, 0.717) is 17.1 Å². The molecule has 1 unspecified atom stereocenters. The van der Waals surface area contributed by atoms with Gasteiger partial charge in [-0.15, -0.1) is 0 Å². The van der Waals surface area contributed by atoms with Crippen LogP contribution in [0, 0.1) is 11.3 Å². The summed E-state index contributed by atoms with van der Waals surface area (Å²) >= 11 is 0. The molecule has 2 fully saturated rings. The van der Waals surface area contributed by atoms with Gasteiger partial charge < -0.3 is 4.74 Å². The quantitative estimate of drug-likeness (QED) is 0.716. The average molecular weight is 210 g/mol. The molecule has 0 aliphatic heterocycles. The first-order valence-electron chi connectivity index (χ1n) is 6.27. The van der Waals surface area contributed by atoms with Crippen molar-refractivity contribution in [2.24, 2.45) is 11.3 Å². The smallest absolute Gasteiger partial charge is 0.133 e. The topological polar surface area (TPSA) is 26.3 Å². The summed E-state index contributed by atoms with van der Waals surface area (Å²) in [6.07, 6.45) is 9.36. The van der Waals surface area contributed by atoms with E-state index in [1.807, 2.05) is 0 Å². The molecule has 2 nitrogen and oxygen atoms in total. The third-order valence-electron chi connectivity index (χ3n) is 4.51. The fourth-order valence-corrected chi connectivity index (χ4v) is 3.59. The van der Waals surface area contributed by atoms with E-state index in [9.17, 15) is 4.79 Å². The van der Waals surface area contributed by atoms with E-state index in [1.54, 1.807) is 7.11 Å². The SMILES string of the molecule is COCCC1CC(=O)CCC12CCCC2. The molecule has 0 bridgehead atoms. The van der Waals surface area contributed by atoms with Crippen molar-refractivity contribution in [2.45, 2.75) is 51.4 Å². The highest BCUT2D eigenvalue weighted by Crippen LogP contribution is 2.52. The maximum atomic E-state index is 11.5. The van der Waals surface area contributed by atoms with Crippen molar-refractivity contribution in [3.05, 3.63) is 0 Å². The predicted octanol–water partition coefficient (Wildman–Crippen LogP) is 2.95. The molecular formula is C13H22O2. The standard InChI is InChI=1S/C13H22O2/c1-15-9-5-11-10-12(14)4-8-13(11)6-2-3-7-13/h11H,2-10H2,1H3. The van der Waals surface area contributed by atoms with Crippen molar-refractivity contribution in [1.82, 2.24) is 0 Å². The van der Waals surface area contributed by atoms with Gasteiger partial charge in [0.15, 0.2) is 0 Å². The van der Waals surface area contributed by atoms with Gasteiger partial charge in [0.1, 0.15) is 5.78 Å². The second-order valence-electron chi connectivity index (χ2n) is 5.29. The zero-order valence-corrected chi connectivity index (χ0v) is 9.76. The lowest BCUT2D eigenvalue weighted by Gasteiger charge is -2.41. The van der Waals surface area contributed by atoms with Gasteiger partial charge in [-0.1, -0.05) is 12.8 Å². The summed E-state index contributed by atoms with van der Waals surface area (Å²) in [7, 11) is 1.76. The molecule has 86 valence electrons. The maximum Gasteiger partial charge on any atom is 0.133 e. The number of carbonyl (C=O) groups excluding carboxylic acids is 1. The zero-order valence-electron chi connectivity index (χ0n) is 9.76. The number of rotatable bonds is 3. The van der Waals surface area contributed by atoms with Crippen LogP contribution in [0.15, 0.2) is 0 Å². The fraction of sp³-hybridized carbons (Fsp3) is 0.923. The van der Waals surface area contributed by atoms with E-state index in [0.717, 1.165) is 32.3 Å². The zero-order chi connectivity index (χ0) is 10.7. The van der Waals surface area contributed by atoms with E-state index in [4.69, 9.17) is 4.74 Å². The first-order valence-corrected chi connectivity index (χ1v) is 6.27. The Bertz CT molecular complexity index is 229. The predicted molar refractivity (Wildman–Crippen MR) is 59.7 cm³/mol. The molecule has 0 aromatic heterocycles. The van der Waals surface area contributed by atoms with Gasteiger partial charge in [-0.25, -0.2) is 0 Å². The molecule has 0 heterocycles. The average Bonchev–Trinajstić information content (AvgIpc) is 2.70. The van der Waals surface area contributed by atoms with E-state index >= 15 is 0 Å². The Balaban J connectivity index is 2.02. The van der Waals surface area contributed by atoms with Crippen LogP contribution in [-0.2, 0) is 9.53 Å². The van der Waals surface area contributed by atoms with Gasteiger partial charge in [0.25, 0.3) is 0 Å². The van der Waals surface area contributed by atoms with Gasteiger partial charge in [-0.3, -0.25) is 4.79 Å². The van der Waals surface area contributed by atoms with Crippen molar-refractivity contribution < 1.29 is 9.53 Å². The number of ketones is 1. The molecule has 1 atom stereocenters. The number of ether oxygens (including phenoxy) is 1. The van der Waals surface area contributed by atoms with Crippen LogP contribution in [0.5, 0.6) is 0 Å². The fourth-order valence-electron chi connectivity index (χ4n) is 3.59. The molecule has 0 N–H and O–H groups in total. The Kier molecular flexibility index (Phi) is 3.45. The van der Waals surface area contributed by atoms with Crippen molar-refractivity contribution in [2.75, 3.05) is 13.7 Å². The summed E-state index contributed by atoms with van der Waals surface area (Å²) in [5.74, 6) is 1.09. The van der Waals surface area contributed by atoms with E-state index in [-0.39, 0.29) is 0 Å². The Hall–Kier alpha value is -0.370. The van der Waals surface area contributed by atoms with E-state index < -0.39 is 0 Å². The summed E-state index contributed by atoms with van der Waals surface area (Å²) in [5, 5.41) is 0. The van der Waals surface area contributed by atoms with Crippen molar-refractivity contribution >= 4 is 5.78 Å².